The van der Waals surface area contributed by atoms with Gasteiger partial charge < -0.3 is 10.1 Å². The highest BCUT2D eigenvalue weighted by Crippen LogP contribution is 2.30. The van der Waals surface area contributed by atoms with Crippen molar-refractivity contribution in [3.05, 3.63) is 35.4 Å². The molecule has 0 unspecified atom stereocenters. The summed E-state index contributed by atoms with van der Waals surface area (Å²) in [6.45, 7) is 2.27. The van der Waals surface area contributed by atoms with Gasteiger partial charge in [-0.1, -0.05) is 24.3 Å². The summed E-state index contributed by atoms with van der Waals surface area (Å²) in [6.07, 6.45) is 1.44. The Kier molecular flexibility index (Phi) is 2.97. The van der Waals surface area contributed by atoms with Crippen molar-refractivity contribution in [1.82, 2.24) is 5.32 Å². The van der Waals surface area contributed by atoms with Crippen molar-refractivity contribution in [1.29, 1.82) is 0 Å². The van der Waals surface area contributed by atoms with Crippen LogP contribution in [0.5, 0.6) is 0 Å². The van der Waals surface area contributed by atoms with E-state index in [1.807, 2.05) is 26.1 Å². The normalized spacial score (nSPS) is 16.9. The first-order chi connectivity index (χ1) is 7.72. The van der Waals surface area contributed by atoms with Gasteiger partial charge in [0, 0.05) is 12.8 Å². The standard InChI is InChI=1S/C13H17NO2/c1-3-16-12(15)13(14-2)8-10-6-4-5-7-11(10)9-13/h4-7,14H,3,8-9H2,1-2H3. The predicted molar refractivity (Wildman–Crippen MR) is 62.3 cm³/mol. The summed E-state index contributed by atoms with van der Waals surface area (Å²) >= 11 is 0. The van der Waals surface area contributed by atoms with Crippen molar-refractivity contribution in [2.24, 2.45) is 0 Å². The van der Waals surface area contributed by atoms with Crippen molar-refractivity contribution in [3.63, 3.8) is 0 Å². The third kappa shape index (κ3) is 1.71. The van der Waals surface area contributed by atoms with Crippen molar-refractivity contribution in [3.8, 4) is 0 Å². The molecular formula is C13H17NO2. The lowest BCUT2D eigenvalue weighted by Gasteiger charge is -2.25. The minimum absolute atomic E-state index is 0.145. The van der Waals surface area contributed by atoms with Crippen LogP contribution in [0.2, 0.25) is 0 Å². The number of nitrogens with one attached hydrogen (secondary N) is 1. The summed E-state index contributed by atoms with van der Waals surface area (Å²) in [5.74, 6) is -0.145. The SMILES string of the molecule is CCOC(=O)C1(NC)Cc2ccccc2C1. The lowest BCUT2D eigenvalue weighted by Crippen LogP contribution is -2.52. The Bertz CT molecular complexity index is 376. The van der Waals surface area contributed by atoms with E-state index in [-0.39, 0.29) is 5.97 Å². The fraction of sp³-hybridized carbons (Fsp3) is 0.462. The van der Waals surface area contributed by atoms with Gasteiger partial charge in [-0.05, 0) is 25.1 Å². The van der Waals surface area contributed by atoms with Crippen LogP contribution in [-0.2, 0) is 22.4 Å². The summed E-state index contributed by atoms with van der Waals surface area (Å²) in [4.78, 5) is 12.0. The van der Waals surface area contributed by atoms with Gasteiger partial charge in [0.15, 0.2) is 0 Å². The van der Waals surface area contributed by atoms with E-state index >= 15 is 0 Å². The molecular weight excluding hydrogens is 202 g/mol. The van der Waals surface area contributed by atoms with E-state index in [0.717, 1.165) is 12.8 Å². The van der Waals surface area contributed by atoms with E-state index in [1.54, 1.807) is 0 Å². The van der Waals surface area contributed by atoms with Gasteiger partial charge in [-0.3, -0.25) is 4.79 Å². The van der Waals surface area contributed by atoms with Gasteiger partial charge in [-0.15, -0.1) is 0 Å². The monoisotopic (exact) mass is 219 g/mol. The maximum Gasteiger partial charge on any atom is 0.327 e. The molecule has 0 fully saturated rings. The molecule has 0 saturated heterocycles. The van der Waals surface area contributed by atoms with E-state index in [0.29, 0.717) is 6.61 Å². The molecule has 1 aliphatic rings. The average Bonchev–Trinajstić information content (AvgIpc) is 2.69. The van der Waals surface area contributed by atoms with Gasteiger partial charge in [0.1, 0.15) is 5.54 Å². The Morgan fingerprint density at radius 2 is 1.94 bits per heavy atom. The lowest BCUT2D eigenvalue weighted by molar-refractivity contribution is -0.150. The molecule has 0 spiro atoms. The molecule has 0 amide bonds. The number of rotatable bonds is 3. The van der Waals surface area contributed by atoms with Crippen molar-refractivity contribution in [2.75, 3.05) is 13.7 Å². The van der Waals surface area contributed by atoms with E-state index in [2.05, 4.69) is 17.4 Å². The van der Waals surface area contributed by atoms with Crippen LogP contribution < -0.4 is 5.32 Å². The minimum atomic E-state index is -0.556. The van der Waals surface area contributed by atoms with Gasteiger partial charge in [0.25, 0.3) is 0 Å². The molecule has 3 heteroatoms. The quantitative estimate of drug-likeness (QED) is 0.779. The second-order valence-electron chi connectivity index (χ2n) is 4.17. The second-order valence-corrected chi connectivity index (χ2v) is 4.17. The van der Waals surface area contributed by atoms with E-state index in [1.165, 1.54) is 11.1 Å². The molecule has 2 rings (SSSR count). The minimum Gasteiger partial charge on any atom is -0.465 e. The van der Waals surface area contributed by atoms with E-state index < -0.39 is 5.54 Å². The highest BCUT2D eigenvalue weighted by atomic mass is 16.5. The summed E-state index contributed by atoms with van der Waals surface area (Å²) in [6, 6.07) is 8.17. The molecule has 0 bridgehead atoms. The zero-order valence-corrected chi connectivity index (χ0v) is 9.75. The summed E-state index contributed by atoms with van der Waals surface area (Å²) in [5.41, 5.74) is 1.93. The van der Waals surface area contributed by atoms with Gasteiger partial charge in [0.2, 0.25) is 0 Å². The van der Waals surface area contributed by atoms with Crippen LogP contribution in [0.1, 0.15) is 18.1 Å². The zero-order valence-electron chi connectivity index (χ0n) is 9.75. The van der Waals surface area contributed by atoms with Gasteiger partial charge >= 0.3 is 5.97 Å². The molecule has 0 saturated carbocycles. The van der Waals surface area contributed by atoms with Crippen LogP contribution >= 0.6 is 0 Å². The topological polar surface area (TPSA) is 38.3 Å². The summed E-state index contributed by atoms with van der Waals surface area (Å²) in [7, 11) is 1.82. The van der Waals surface area contributed by atoms with Crippen LogP contribution in [0.4, 0.5) is 0 Å². The van der Waals surface area contributed by atoms with Gasteiger partial charge in [-0.25, -0.2) is 0 Å². The predicted octanol–water partition coefficient (Wildman–Crippen LogP) is 1.31. The molecule has 0 atom stereocenters. The average molecular weight is 219 g/mol. The first-order valence-corrected chi connectivity index (χ1v) is 5.65. The van der Waals surface area contributed by atoms with Crippen LogP contribution in [0, 0.1) is 0 Å². The number of benzene rings is 1. The Labute approximate surface area is 95.8 Å². The molecule has 0 radical (unpaired) electrons. The molecule has 0 aliphatic heterocycles. The molecule has 3 nitrogen and oxygen atoms in total. The molecule has 86 valence electrons. The first-order valence-electron chi connectivity index (χ1n) is 5.65. The van der Waals surface area contributed by atoms with Crippen LogP contribution in [0.3, 0.4) is 0 Å². The largest absolute Gasteiger partial charge is 0.465 e. The number of carbonyl (C=O) groups excluding carboxylic acids is 1. The summed E-state index contributed by atoms with van der Waals surface area (Å²) in [5, 5.41) is 3.13. The molecule has 0 aromatic heterocycles. The van der Waals surface area contributed by atoms with Crippen molar-refractivity contribution in [2.45, 2.75) is 25.3 Å². The third-order valence-corrected chi connectivity index (χ3v) is 3.25. The number of carbonyl (C=O) groups is 1. The van der Waals surface area contributed by atoms with Gasteiger partial charge in [-0.2, -0.15) is 0 Å². The van der Waals surface area contributed by atoms with Crippen LogP contribution in [0.25, 0.3) is 0 Å². The molecule has 16 heavy (non-hydrogen) atoms. The second kappa shape index (κ2) is 4.26. The Morgan fingerprint density at radius 1 is 1.38 bits per heavy atom. The highest BCUT2D eigenvalue weighted by molar-refractivity contribution is 5.83. The lowest BCUT2D eigenvalue weighted by atomic mass is 9.96. The van der Waals surface area contributed by atoms with Crippen molar-refractivity contribution < 1.29 is 9.53 Å². The number of esters is 1. The molecule has 1 aromatic rings. The fourth-order valence-electron chi connectivity index (χ4n) is 2.31. The van der Waals surface area contributed by atoms with E-state index in [4.69, 9.17) is 4.74 Å². The molecule has 1 aromatic carbocycles. The molecule has 0 heterocycles. The Morgan fingerprint density at radius 3 is 2.38 bits per heavy atom. The smallest absolute Gasteiger partial charge is 0.327 e. The van der Waals surface area contributed by atoms with Crippen LogP contribution in [0.15, 0.2) is 24.3 Å². The summed E-state index contributed by atoms with van der Waals surface area (Å²) < 4.78 is 5.15. The van der Waals surface area contributed by atoms with E-state index in [9.17, 15) is 4.79 Å². The van der Waals surface area contributed by atoms with Gasteiger partial charge in [0.05, 0.1) is 6.61 Å². The number of hydrogen-bond acceptors (Lipinski definition) is 3. The van der Waals surface area contributed by atoms with Crippen LogP contribution in [-0.4, -0.2) is 25.2 Å². The number of ether oxygens (including phenoxy) is 1. The Balaban J connectivity index is 2.26. The zero-order chi connectivity index (χ0) is 11.6. The fourth-order valence-corrected chi connectivity index (χ4v) is 2.31. The first kappa shape index (κ1) is 11.1. The molecule has 1 N–H and O–H groups in total. The number of likely N-dealkylation sites (N-methyl/N-ethyl adjacent to an activating group) is 1. The maximum absolute atomic E-state index is 12.0. The number of fused-ring (bicyclic) bond motifs is 1. The molecule has 1 aliphatic carbocycles. The van der Waals surface area contributed by atoms with Crippen molar-refractivity contribution >= 4 is 5.97 Å². The Hall–Kier alpha value is -1.35. The highest BCUT2D eigenvalue weighted by Gasteiger charge is 2.43. The third-order valence-electron chi connectivity index (χ3n) is 3.25. The number of hydrogen-bond donors (Lipinski definition) is 1. The maximum atomic E-state index is 12.0.